The lowest BCUT2D eigenvalue weighted by atomic mass is 9.99. The maximum Gasteiger partial charge on any atom is 0.336 e. The van der Waals surface area contributed by atoms with E-state index in [1.807, 2.05) is 48.5 Å². The average molecular weight is 262 g/mol. The summed E-state index contributed by atoms with van der Waals surface area (Å²) in [4.78, 5) is 11.2. The first-order valence-electron chi connectivity index (χ1n) is 6.28. The summed E-state index contributed by atoms with van der Waals surface area (Å²) in [5, 5.41) is 9.22. The van der Waals surface area contributed by atoms with Crippen LogP contribution in [-0.2, 0) is 4.79 Å². The van der Waals surface area contributed by atoms with Crippen LogP contribution in [0.3, 0.4) is 0 Å². The van der Waals surface area contributed by atoms with Crippen molar-refractivity contribution in [3.05, 3.63) is 77.4 Å². The molecule has 2 rings (SSSR count). The second-order valence-corrected chi connectivity index (χ2v) is 4.17. The summed E-state index contributed by atoms with van der Waals surface area (Å²) >= 11 is 0. The van der Waals surface area contributed by atoms with Crippen molar-refractivity contribution in [3.63, 3.8) is 0 Å². The topological polar surface area (TPSA) is 37.3 Å². The van der Waals surface area contributed by atoms with Crippen LogP contribution in [-0.4, -0.2) is 11.1 Å². The fraction of sp³-hybridized carbons (Fsp3) is 0.0556. The first-order valence-corrected chi connectivity index (χ1v) is 6.28. The molecule has 98 valence electrons. The van der Waals surface area contributed by atoms with Gasteiger partial charge in [-0.1, -0.05) is 54.3 Å². The first kappa shape index (κ1) is 13.6. The van der Waals surface area contributed by atoms with E-state index < -0.39 is 5.97 Å². The molecule has 20 heavy (non-hydrogen) atoms. The summed E-state index contributed by atoms with van der Waals surface area (Å²) in [6, 6.07) is 16.9. The molecule has 0 unspecified atom stereocenters. The molecule has 0 spiro atoms. The Bertz CT molecular complexity index is 701. The first-order chi connectivity index (χ1) is 9.72. The molecule has 0 heterocycles. The molecule has 0 saturated carbocycles. The highest BCUT2D eigenvalue weighted by molar-refractivity contribution is 6.16. The quantitative estimate of drug-likeness (QED) is 0.663. The second kappa shape index (κ2) is 6.40. The summed E-state index contributed by atoms with van der Waals surface area (Å²) in [5.74, 6) is 5.15. The molecular weight excluding hydrogens is 248 g/mol. The van der Waals surface area contributed by atoms with Gasteiger partial charge in [-0.2, -0.15) is 0 Å². The van der Waals surface area contributed by atoms with Gasteiger partial charge in [0.15, 0.2) is 0 Å². The fourth-order valence-corrected chi connectivity index (χ4v) is 1.88. The third-order valence-corrected chi connectivity index (χ3v) is 2.85. The van der Waals surface area contributed by atoms with Crippen molar-refractivity contribution >= 4 is 11.5 Å². The number of carboxylic acid groups (broad SMARTS) is 1. The number of carbonyl (C=O) groups is 1. The van der Waals surface area contributed by atoms with Gasteiger partial charge in [-0.05, 0) is 25.1 Å². The van der Waals surface area contributed by atoms with Crippen LogP contribution in [0.5, 0.6) is 0 Å². The molecule has 0 bridgehead atoms. The Balaban J connectivity index is 2.44. The maximum absolute atomic E-state index is 11.2. The van der Waals surface area contributed by atoms with Gasteiger partial charge >= 0.3 is 5.97 Å². The molecule has 0 fully saturated rings. The van der Waals surface area contributed by atoms with Crippen LogP contribution >= 0.6 is 0 Å². The fourth-order valence-electron chi connectivity index (χ4n) is 1.88. The number of aliphatic carboxylic acids is 1. The van der Waals surface area contributed by atoms with Gasteiger partial charge in [-0.3, -0.25) is 0 Å². The predicted molar refractivity (Wildman–Crippen MR) is 80.2 cm³/mol. The third-order valence-electron chi connectivity index (χ3n) is 2.85. The minimum atomic E-state index is -0.943. The predicted octanol–water partition coefficient (Wildman–Crippen LogP) is 3.57. The Labute approximate surface area is 118 Å². The number of carboxylic acids is 1. The van der Waals surface area contributed by atoms with E-state index in [0.29, 0.717) is 11.1 Å². The van der Waals surface area contributed by atoms with Crippen molar-refractivity contribution in [2.45, 2.75) is 6.92 Å². The van der Waals surface area contributed by atoms with Gasteiger partial charge in [-0.15, -0.1) is 0 Å². The molecular formula is C18H14O2. The molecule has 2 heteroatoms. The Hall–Kier alpha value is -2.79. The molecule has 2 aromatic rings. The zero-order valence-electron chi connectivity index (χ0n) is 11.1. The van der Waals surface area contributed by atoms with Gasteiger partial charge in [-0.25, -0.2) is 4.79 Å². The highest BCUT2D eigenvalue weighted by Crippen LogP contribution is 2.19. The lowest BCUT2D eigenvalue weighted by Crippen LogP contribution is -2.01. The van der Waals surface area contributed by atoms with Crippen LogP contribution in [0.1, 0.15) is 23.6 Å². The standard InChI is InChI=1S/C18H14O2/c1-2-16(18(19)20)17-11-7-6-10-15(17)13-12-14-8-4-3-5-9-14/h2-11H,1H3,(H,19,20)/b16-2-. The SMILES string of the molecule is C/C=C(\C(=O)O)c1ccccc1C#Cc1ccccc1. The minimum absolute atomic E-state index is 0.267. The van der Waals surface area contributed by atoms with Crippen LogP contribution in [0.2, 0.25) is 0 Å². The van der Waals surface area contributed by atoms with Crippen molar-refractivity contribution < 1.29 is 9.90 Å². The Kier molecular flexibility index (Phi) is 4.36. The van der Waals surface area contributed by atoms with Gasteiger partial charge in [0.1, 0.15) is 0 Å². The van der Waals surface area contributed by atoms with Gasteiger partial charge in [0.2, 0.25) is 0 Å². The Morgan fingerprint density at radius 2 is 1.65 bits per heavy atom. The number of hydrogen-bond acceptors (Lipinski definition) is 1. The monoisotopic (exact) mass is 262 g/mol. The number of benzene rings is 2. The Morgan fingerprint density at radius 1 is 1.00 bits per heavy atom. The minimum Gasteiger partial charge on any atom is -0.478 e. The average Bonchev–Trinajstić information content (AvgIpc) is 2.48. The largest absolute Gasteiger partial charge is 0.478 e. The van der Waals surface area contributed by atoms with E-state index in [0.717, 1.165) is 5.56 Å². The van der Waals surface area contributed by atoms with Crippen molar-refractivity contribution in [1.29, 1.82) is 0 Å². The zero-order chi connectivity index (χ0) is 14.4. The van der Waals surface area contributed by atoms with E-state index >= 15 is 0 Å². The van der Waals surface area contributed by atoms with Crippen molar-refractivity contribution in [3.8, 4) is 11.8 Å². The van der Waals surface area contributed by atoms with E-state index in [4.69, 9.17) is 0 Å². The number of allylic oxidation sites excluding steroid dienone is 1. The van der Waals surface area contributed by atoms with Gasteiger partial charge in [0, 0.05) is 16.7 Å². The lowest BCUT2D eigenvalue weighted by Gasteiger charge is -2.04. The third kappa shape index (κ3) is 3.15. The van der Waals surface area contributed by atoms with Crippen molar-refractivity contribution in [2.75, 3.05) is 0 Å². The van der Waals surface area contributed by atoms with E-state index in [2.05, 4.69) is 11.8 Å². The molecule has 1 N–H and O–H groups in total. The van der Waals surface area contributed by atoms with E-state index in [1.165, 1.54) is 0 Å². The molecule has 0 radical (unpaired) electrons. The van der Waals surface area contributed by atoms with E-state index in [-0.39, 0.29) is 5.57 Å². The normalized spacial score (nSPS) is 10.6. The maximum atomic E-state index is 11.2. The smallest absolute Gasteiger partial charge is 0.336 e. The molecule has 0 aromatic heterocycles. The molecule has 2 nitrogen and oxygen atoms in total. The molecule has 0 aliphatic carbocycles. The molecule has 0 atom stereocenters. The lowest BCUT2D eigenvalue weighted by molar-refractivity contribution is -0.130. The van der Waals surface area contributed by atoms with Gasteiger partial charge < -0.3 is 5.11 Å². The summed E-state index contributed by atoms with van der Waals surface area (Å²) in [6.45, 7) is 1.71. The van der Waals surface area contributed by atoms with E-state index in [1.54, 1.807) is 19.1 Å². The zero-order valence-corrected chi connectivity index (χ0v) is 11.1. The summed E-state index contributed by atoms with van der Waals surface area (Å²) in [5.41, 5.74) is 2.53. The second-order valence-electron chi connectivity index (χ2n) is 4.17. The van der Waals surface area contributed by atoms with E-state index in [9.17, 15) is 9.90 Å². The molecule has 2 aromatic carbocycles. The van der Waals surface area contributed by atoms with Gasteiger partial charge in [0.05, 0.1) is 5.57 Å². The summed E-state index contributed by atoms with van der Waals surface area (Å²) < 4.78 is 0. The molecule has 0 aliphatic heterocycles. The molecule has 0 amide bonds. The number of hydrogen-bond donors (Lipinski definition) is 1. The summed E-state index contributed by atoms with van der Waals surface area (Å²) in [7, 11) is 0. The van der Waals surface area contributed by atoms with Crippen LogP contribution in [0.15, 0.2) is 60.7 Å². The van der Waals surface area contributed by atoms with Crippen LogP contribution in [0.25, 0.3) is 5.57 Å². The highest BCUT2D eigenvalue weighted by atomic mass is 16.4. The highest BCUT2D eigenvalue weighted by Gasteiger charge is 2.11. The van der Waals surface area contributed by atoms with Crippen LogP contribution in [0, 0.1) is 11.8 Å². The van der Waals surface area contributed by atoms with Crippen LogP contribution in [0.4, 0.5) is 0 Å². The Morgan fingerprint density at radius 3 is 2.30 bits per heavy atom. The molecule has 0 aliphatic rings. The van der Waals surface area contributed by atoms with Crippen molar-refractivity contribution in [1.82, 2.24) is 0 Å². The summed E-state index contributed by atoms with van der Waals surface area (Å²) in [6.07, 6.45) is 1.59. The number of rotatable bonds is 2. The van der Waals surface area contributed by atoms with Crippen LogP contribution < -0.4 is 0 Å². The van der Waals surface area contributed by atoms with Gasteiger partial charge in [0.25, 0.3) is 0 Å². The molecule has 0 saturated heterocycles. The van der Waals surface area contributed by atoms with Crippen molar-refractivity contribution in [2.24, 2.45) is 0 Å².